The number of fused-ring (bicyclic) bond motifs is 1. The quantitative estimate of drug-likeness (QED) is 0.331. The van der Waals surface area contributed by atoms with Crippen LogP contribution in [-0.4, -0.2) is 10.1 Å². The first-order valence-electron chi connectivity index (χ1n) is 6.11. The molecule has 104 valence electrons. The van der Waals surface area contributed by atoms with Crippen LogP contribution in [0.1, 0.15) is 11.1 Å². The number of nitrogens with one attached hydrogen (secondary N) is 1. The predicted molar refractivity (Wildman–Crippen MR) is 83.4 cm³/mol. The SMILES string of the molecule is Cc1cccc(O)c1N.Cc1cccc2oc(=S)[nH]c12. The molecule has 0 radical (unpaired) electrons. The summed E-state index contributed by atoms with van der Waals surface area (Å²) in [5, 5.41) is 8.98. The number of nitrogens with two attached hydrogens (primary N) is 1. The van der Waals surface area contributed by atoms with E-state index in [0.29, 0.717) is 10.5 Å². The van der Waals surface area contributed by atoms with Crippen molar-refractivity contribution in [2.24, 2.45) is 0 Å². The number of hydrogen-bond acceptors (Lipinski definition) is 4. The van der Waals surface area contributed by atoms with E-state index in [1.807, 2.05) is 38.1 Å². The fourth-order valence-corrected chi connectivity index (χ4v) is 1.97. The van der Waals surface area contributed by atoms with Gasteiger partial charge in [-0.15, -0.1) is 0 Å². The number of para-hydroxylation sites is 2. The average Bonchev–Trinajstić information content (AvgIpc) is 2.79. The molecule has 3 aromatic rings. The maximum atomic E-state index is 8.98. The van der Waals surface area contributed by atoms with Gasteiger partial charge in [-0.3, -0.25) is 0 Å². The Kier molecular flexibility index (Phi) is 4.10. The summed E-state index contributed by atoms with van der Waals surface area (Å²) in [5.41, 5.74) is 9.80. The lowest BCUT2D eigenvalue weighted by atomic mass is 10.2. The van der Waals surface area contributed by atoms with Crippen LogP contribution in [0.3, 0.4) is 0 Å². The summed E-state index contributed by atoms with van der Waals surface area (Å²) < 4.78 is 5.21. The van der Waals surface area contributed by atoms with Gasteiger partial charge in [-0.25, -0.2) is 0 Å². The molecular formula is C15H16N2O2S. The van der Waals surface area contributed by atoms with Gasteiger partial charge in [0, 0.05) is 0 Å². The molecule has 1 heterocycles. The second kappa shape index (κ2) is 5.79. The molecule has 0 aliphatic carbocycles. The number of aromatic amines is 1. The minimum Gasteiger partial charge on any atom is -0.506 e. The number of oxazole rings is 1. The molecule has 0 aliphatic heterocycles. The molecular weight excluding hydrogens is 272 g/mol. The van der Waals surface area contributed by atoms with Crippen molar-refractivity contribution in [3.05, 3.63) is 52.4 Å². The van der Waals surface area contributed by atoms with E-state index < -0.39 is 0 Å². The maximum absolute atomic E-state index is 8.98. The minimum atomic E-state index is 0.162. The van der Waals surface area contributed by atoms with E-state index in [1.54, 1.807) is 12.1 Å². The highest BCUT2D eigenvalue weighted by molar-refractivity contribution is 7.71. The fourth-order valence-electron chi connectivity index (χ4n) is 1.78. The number of hydrogen-bond donors (Lipinski definition) is 3. The van der Waals surface area contributed by atoms with Gasteiger partial charge in [-0.05, 0) is 49.3 Å². The summed E-state index contributed by atoms with van der Waals surface area (Å²) >= 11 is 4.85. The van der Waals surface area contributed by atoms with Crippen molar-refractivity contribution in [2.75, 3.05) is 5.73 Å². The lowest BCUT2D eigenvalue weighted by molar-refractivity contribution is 0.477. The molecule has 0 spiro atoms. The number of nitrogen functional groups attached to an aromatic ring is 1. The van der Waals surface area contributed by atoms with Crippen LogP contribution in [0.5, 0.6) is 5.75 Å². The zero-order valence-electron chi connectivity index (χ0n) is 11.3. The third-order valence-corrected chi connectivity index (χ3v) is 3.15. The Bertz CT molecular complexity index is 770. The molecule has 4 nitrogen and oxygen atoms in total. The summed E-state index contributed by atoms with van der Waals surface area (Å²) in [5.74, 6) is 0.162. The number of benzene rings is 2. The van der Waals surface area contributed by atoms with E-state index in [9.17, 15) is 0 Å². The van der Waals surface area contributed by atoms with Gasteiger partial charge >= 0.3 is 0 Å². The number of anilines is 1. The van der Waals surface area contributed by atoms with Crippen molar-refractivity contribution in [1.82, 2.24) is 4.98 Å². The van der Waals surface area contributed by atoms with Gasteiger partial charge in [0.05, 0.1) is 11.2 Å². The molecule has 0 atom stereocenters. The van der Waals surface area contributed by atoms with Gasteiger partial charge in [0.2, 0.25) is 0 Å². The van der Waals surface area contributed by atoms with Crippen molar-refractivity contribution in [2.45, 2.75) is 13.8 Å². The summed E-state index contributed by atoms with van der Waals surface area (Å²) in [6.45, 7) is 3.87. The van der Waals surface area contributed by atoms with Crippen molar-refractivity contribution >= 4 is 29.0 Å². The number of rotatable bonds is 0. The molecule has 4 N–H and O–H groups in total. The normalized spacial score (nSPS) is 10.1. The van der Waals surface area contributed by atoms with Crippen LogP contribution in [0.4, 0.5) is 5.69 Å². The number of H-pyrrole nitrogens is 1. The molecule has 0 amide bonds. The van der Waals surface area contributed by atoms with E-state index in [-0.39, 0.29) is 5.75 Å². The second-order valence-electron chi connectivity index (χ2n) is 4.47. The van der Waals surface area contributed by atoms with E-state index >= 15 is 0 Å². The third kappa shape index (κ3) is 3.00. The summed E-state index contributed by atoms with van der Waals surface area (Å²) in [6, 6.07) is 11.1. The number of aryl methyl sites for hydroxylation is 2. The molecule has 20 heavy (non-hydrogen) atoms. The maximum Gasteiger partial charge on any atom is 0.266 e. The zero-order valence-corrected chi connectivity index (χ0v) is 12.1. The average molecular weight is 288 g/mol. The predicted octanol–water partition coefficient (Wildman–Crippen LogP) is 4.08. The molecule has 0 unspecified atom stereocenters. The Labute approximate surface area is 121 Å². The van der Waals surface area contributed by atoms with Gasteiger partial charge in [-0.2, -0.15) is 0 Å². The largest absolute Gasteiger partial charge is 0.506 e. The molecule has 0 aliphatic rings. The minimum absolute atomic E-state index is 0.162. The molecule has 0 fully saturated rings. The highest BCUT2D eigenvalue weighted by Gasteiger charge is 1.99. The summed E-state index contributed by atoms with van der Waals surface area (Å²) in [4.78, 5) is 3.41. The molecule has 0 bridgehead atoms. The Morgan fingerprint density at radius 1 is 1.10 bits per heavy atom. The highest BCUT2D eigenvalue weighted by atomic mass is 32.1. The first-order chi connectivity index (χ1) is 9.49. The molecule has 3 rings (SSSR count). The van der Waals surface area contributed by atoms with Crippen LogP contribution in [0.2, 0.25) is 0 Å². The van der Waals surface area contributed by atoms with E-state index in [4.69, 9.17) is 27.5 Å². The lowest BCUT2D eigenvalue weighted by Crippen LogP contribution is -1.88. The van der Waals surface area contributed by atoms with Crippen LogP contribution in [0, 0.1) is 18.7 Å². The third-order valence-electron chi connectivity index (χ3n) is 2.97. The molecule has 0 saturated carbocycles. The number of aromatic hydroxyl groups is 1. The van der Waals surface area contributed by atoms with E-state index in [1.165, 1.54) is 0 Å². The van der Waals surface area contributed by atoms with Crippen molar-refractivity contribution in [1.29, 1.82) is 0 Å². The first kappa shape index (κ1) is 14.1. The van der Waals surface area contributed by atoms with Crippen molar-refractivity contribution in [3.8, 4) is 5.75 Å². The van der Waals surface area contributed by atoms with Gasteiger partial charge in [0.1, 0.15) is 5.75 Å². The van der Waals surface area contributed by atoms with Crippen molar-refractivity contribution < 1.29 is 9.52 Å². The number of phenolic OH excluding ortho intramolecular Hbond substituents is 1. The smallest absolute Gasteiger partial charge is 0.266 e. The van der Waals surface area contributed by atoms with Gasteiger partial charge in [0.15, 0.2) is 5.58 Å². The molecule has 2 aromatic carbocycles. The van der Waals surface area contributed by atoms with E-state index in [2.05, 4.69) is 4.98 Å². The van der Waals surface area contributed by atoms with Gasteiger partial charge < -0.3 is 20.2 Å². The molecule has 0 saturated heterocycles. The summed E-state index contributed by atoms with van der Waals surface area (Å²) in [7, 11) is 0. The fraction of sp³-hybridized carbons (Fsp3) is 0.133. The Balaban J connectivity index is 0.000000151. The second-order valence-corrected chi connectivity index (χ2v) is 4.84. The first-order valence-corrected chi connectivity index (χ1v) is 6.52. The van der Waals surface area contributed by atoms with Crippen LogP contribution in [0.15, 0.2) is 40.8 Å². The lowest BCUT2D eigenvalue weighted by Gasteiger charge is -1.99. The van der Waals surface area contributed by atoms with Gasteiger partial charge in [0.25, 0.3) is 4.84 Å². The van der Waals surface area contributed by atoms with Crippen LogP contribution in [0.25, 0.3) is 11.1 Å². The van der Waals surface area contributed by atoms with Crippen LogP contribution < -0.4 is 5.73 Å². The number of aromatic nitrogens is 1. The Morgan fingerprint density at radius 3 is 2.35 bits per heavy atom. The molecule has 5 heteroatoms. The molecule has 1 aromatic heterocycles. The van der Waals surface area contributed by atoms with E-state index in [0.717, 1.165) is 22.2 Å². The summed E-state index contributed by atoms with van der Waals surface area (Å²) in [6.07, 6.45) is 0. The highest BCUT2D eigenvalue weighted by Crippen LogP contribution is 2.21. The number of phenols is 1. The van der Waals surface area contributed by atoms with Crippen molar-refractivity contribution in [3.63, 3.8) is 0 Å². The Hall–Kier alpha value is -2.27. The Morgan fingerprint density at radius 2 is 1.75 bits per heavy atom. The standard InChI is InChI=1S/C8H7NOS.C7H9NO/c1-5-3-2-4-6-7(5)9-8(11)10-6;1-5-3-2-4-6(9)7(5)8/h2-4H,1H3,(H,9,11);2-4,9H,8H2,1H3. The zero-order chi connectivity index (χ0) is 14.7. The van der Waals surface area contributed by atoms with Crippen LogP contribution >= 0.6 is 12.2 Å². The topological polar surface area (TPSA) is 75.2 Å². The van der Waals surface area contributed by atoms with Crippen LogP contribution in [-0.2, 0) is 0 Å². The monoisotopic (exact) mass is 288 g/mol. The van der Waals surface area contributed by atoms with Gasteiger partial charge in [-0.1, -0.05) is 24.3 Å².